The molecule has 20 heavy (non-hydrogen) atoms. The molecule has 0 saturated heterocycles. The quantitative estimate of drug-likeness (QED) is 0.931. The maximum Gasteiger partial charge on any atom is 0.119 e. The lowest BCUT2D eigenvalue weighted by Crippen LogP contribution is -2.36. The molecule has 1 aromatic carbocycles. The monoisotopic (exact) mass is 288 g/mol. The smallest absolute Gasteiger partial charge is 0.119 e. The summed E-state index contributed by atoms with van der Waals surface area (Å²) < 4.78 is 5.29. The van der Waals surface area contributed by atoms with Crippen molar-refractivity contribution in [1.82, 2.24) is 0 Å². The molecule has 0 aliphatic heterocycles. The van der Waals surface area contributed by atoms with Crippen LogP contribution in [0.4, 0.5) is 0 Å². The second kappa shape index (κ2) is 5.58. The summed E-state index contributed by atoms with van der Waals surface area (Å²) in [6.07, 6.45) is 4.35. The number of fused-ring (bicyclic) bond motifs is 1. The van der Waals surface area contributed by atoms with E-state index in [1.54, 1.807) is 18.4 Å². The van der Waals surface area contributed by atoms with Crippen molar-refractivity contribution in [2.24, 2.45) is 0 Å². The number of hydrogen-bond acceptors (Lipinski definition) is 3. The van der Waals surface area contributed by atoms with Gasteiger partial charge in [-0.2, -0.15) is 11.3 Å². The van der Waals surface area contributed by atoms with E-state index >= 15 is 0 Å². The van der Waals surface area contributed by atoms with E-state index in [2.05, 4.69) is 29.0 Å². The first kappa shape index (κ1) is 13.7. The molecule has 2 aromatic rings. The van der Waals surface area contributed by atoms with Crippen molar-refractivity contribution in [3.05, 3.63) is 51.7 Å². The van der Waals surface area contributed by atoms with Gasteiger partial charge in [0.05, 0.1) is 12.7 Å². The minimum absolute atomic E-state index is 0.568. The highest BCUT2D eigenvalue weighted by Gasteiger charge is 2.31. The van der Waals surface area contributed by atoms with E-state index in [1.165, 1.54) is 16.7 Å². The van der Waals surface area contributed by atoms with Crippen molar-refractivity contribution in [3.8, 4) is 5.75 Å². The van der Waals surface area contributed by atoms with E-state index < -0.39 is 5.60 Å². The average molecular weight is 288 g/mol. The lowest BCUT2D eigenvalue weighted by atomic mass is 9.77. The third-order valence-electron chi connectivity index (χ3n) is 4.25. The van der Waals surface area contributed by atoms with E-state index in [0.717, 1.165) is 37.9 Å². The van der Waals surface area contributed by atoms with Gasteiger partial charge in [0.25, 0.3) is 0 Å². The first-order valence-electron chi connectivity index (χ1n) is 7.08. The van der Waals surface area contributed by atoms with Crippen molar-refractivity contribution >= 4 is 11.3 Å². The number of aryl methyl sites for hydroxylation is 2. The Morgan fingerprint density at radius 3 is 2.95 bits per heavy atom. The van der Waals surface area contributed by atoms with Gasteiger partial charge in [0.1, 0.15) is 5.75 Å². The zero-order valence-corrected chi connectivity index (χ0v) is 12.6. The highest BCUT2D eigenvalue weighted by Crippen LogP contribution is 2.34. The maximum atomic E-state index is 10.8. The van der Waals surface area contributed by atoms with Crippen molar-refractivity contribution in [2.45, 2.75) is 37.7 Å². The van der Waals surface area contributed by atoms with Gasteiger partial charge in [0.15, 0.2) is 0 Å². The standard InChI is InChI=1S/C17H20O2S/c1-19-16-3-2-14-5-8-17(18,11-15(14)10-16)7-4-13-6-9-20-12-13/h2-3,6,9-10,12,18H,4-5,7-8,11H2,1H3. The fourth-order valence-electron chi connectivity index (χ4n) is 2.97. The molecule has 0 fully saturated rings. The molecule has 1 atom stereocenters. The topological polar surface area (TPSA) is 29.5 Å². The summed E-state index contributed by atoms with van der Waals surface area (Å²) >= 11 is 1.72. The van der Waals surface area contributed by atoms with Crippen LogP contribution in [0.2, 0.25) is 0 Å². The predicted molar refractivity (Wildman–Crippen MR) is 82.6 cm³/mol. The molecule has 0 radical (unpaired) electrons. The Morgan fingerprint density at radius 1 is 1.30 bits per heavy atom. The highest BCUT2D eigenvalue weighted by molar-refractivity contribution is 7.07. The minimum atomic E-state index is -0.568. The van der Waals surface area contributed by atoms with Crippen LogP contribution in [0.3, 0.4) is 0 Å². The van der Waals surface area contributed by atoms with Crippen LogP contribution in [0.15, 0.2) is 35.0 Å². The molecule has 1 aliphatic rings. The van der Waals surface area contributed by atoms with Crippen LogP contribution < -0.4 is 4.74 Å². The van der Waals surface area contributed by atoms with Crippen LogP contribution in [0.1, 0.15) is 29.5 Å². The molecule has 1 aliphatic carbocycles. The Bertz CT molecular complexity index is 577. The molecule has 1 N–H and O–H groups in total. The number of ether oxygens (including phenoxy) is 1. The molecule has 0 amide bonds. The van der Waals surface area contributed by atoms with Crippen LogP contribution >= 0.6 is 11.3 Å². The Labute approximate surface area is 124 Å². The van der Waals surface area contributed by atoms with E-state index in [1.807, 2.05) is 6.07 Å². The number of aliphatic hydroxyl groups is 1. The second-order valence-electron chi connectivity index (χ2n) is 5.67. The van der Waals surface area contributed by atoms with E-state index in [4.69, 9.17) is 4.74 Å². The minimum Gasteiger partial charge on any atom is -0.497 e. The summed E-state index contributed by atoms with van der Waals surface area (Å²) in [7, 11) is 1.69. The van der Waals surface area contributed by atoms with Gasteiger partial charge in [-0.25, -0.2) is 0 Å². The lowest BCUT2D eigenvalue weighted by Gasteiger charge is -2.33. The van der Waals surface area contributed by atoms with Crippen molar-refractivity contribution in [3.63, 3.8) is 0 Å². The lowest BCUT2D eigenvalue weighted by molar-refractivity contribution is 0.0182. The summed E-state index contributed by atoms with van der Waals surface area (Å²) in [5.41, 5.74) is 3.36. The summed E-state index contributed by atoms with van der Waals surface area (Å²) in [5, 5.41) is 15.1. The Hall–Kier alpha value is -1.32. The Morgan fingerprint density at radius 2 is 2.20 bits per heavy atom. The van der Waals surface area contributed by atoms with Gasteiger partial charge in [0, 0.05) is 6.42 Å². The van der Waals surface area contributed by atoms with Gasteiger partial charge in [-0.3, -0.25) is 0 Å². The van der Waals surface area contributed by atoms with Gasteiger partial charge in [-0.15, -0.1) is 0 Å². The number of hydrogen-bond donors (Lipinski definition) is 1. The van der Waals surface area contributed by atoms with Crippen LogP contribution in [0, 0.1) is 0 Å². The average Bonchev–Trinajstić information content (AvgIpc) is 2.98. The van der Waals surface area contributed by atoms with Crippen molar-refractivity contribution in [1.29, 1.82) is 0 Å². The first-order chi connectivity index (χ1) is 9.68. The molecule has 3 heteroatoms. The summed E-state index contributed by atoms with van der Waals surface area (Å²) in [5.74, 6) is 0.880. The largest absolute Gasteiger partial charge is 0.497 e. The number of methoxy groups -OCH3 is 1. The van der Waals surface area contributed by atoms with Gasteiger partial charge in [-0.05, 0) is 71.3 Å². The summed E-state index contributed by atoms with van der Waals surface area (Å²) in [6, 6.07) is 8.36. The number of rotatable bonds is 4. The molecule has 2 nitrogen and oxygen atoms in total. The SMILES string of the molecule is COc1ccc2c(c1)CC(O)(CCc1ccsc1)CC2. The van der Waals surface area contributed by atoms with Crippen LogP contribution in [-0.4, -0.2) is 17.8 Å². The van der Waals surface area contributed by atoms with E-state index in [-0.39, 0.29) is 0 Å². The predicted octanol–water partition coefficient (Wildman–Crippen LogP) is 3.61. The highest BCUT2D eigenvalue weighted by atomic mass is 32.1. The number of thiophene rings is 1. The van der Waals surface area contributed by atoms with Crippen LogP contribution in [0.25, 0.3) is 0 Å². The zero-order chi connectivity index (χ0) is 14.0. The molecule has 0 saturated carbocycles. The molecule has 1 heterocycles. The van der Waals surface area contributed by atoms with Crippen molar-refractivity contribution < 1.29 is 9.84 Å². The normalized spacial score (nSPS) is 21.5. The maximum absolute atomic E-state index is 10.8. The Balaban J connectivity index is 1.72. The molecule has 1 unspecified atom stereocenters. The first-order valence-corrected chi connectivity index (χ1v) is 8.02. The third-order valence-corrected chi connectivity index (χ3v) is 4.98. The molecular formula is C17H20O2S. The van der Waals surface area contributed by atoms with Gasteiger partial charge >= 0.3 is 0 Å². The van der Waals surface area contributed by atoms with Crippen LogP contribution in [-0.2, 0) is 19.3 Å². The van der Waals surface area contributed by atoms with Gasteiger partial charge in [0.2, 0.25) is 0 Å². The third kappa shape index (κ3) is 2.89. The van der Waals surface area contributed by atoms with Gasteiger partial charge < -0.3 is 9.84 Å². The summed E-state index contributed by atoms with van der Waals surface area (Å²) in [4.78, 5) is 0. The Kier molecular flexibility index (Phi) is 3.81. The molecule has 0 bridgehead atoms. The van der Waals surface area contributed by atoms with Gasteiger partial charge in [-0.1, -0.05) is 6.07 Å². The second-order valence-corrected chi connectivity index (χ2v) is 6.45. The molecule has 0 spiro atoms. The molecule has 3 rings (SSSR count). The van der Waals surface area contributed by atoms with E-state index in [0.29, 0.717) is 0 Å². The zero-order valence-electron chi connectivity index (χ0n) is 11.8. The molecule has 106 valence electrons. The van der Waals surface area contributed by atoms with Crippen LogP contribution in [0.5, 0.6) is 5.75 Å². The van der Waals surface area contributed by atoms with Crippen molar-refractivity contribution in [2.75, 3.05) is 7.11 Å². The fourth-order valence-corrected chi connectivity index (χ4v) is 3.68. The summed E-state index contributed by atoms with van der Waals surface area (Å²) in [6.45, 7) is 0. The van der Waals surface area contributed by atoms with E-state index in [9.17, 15) is 5.11 Å². The molecule has 1 aromatic heterocycles. The fraction of sp³-hybridized carbons (Fsp3) is 0.412. The number of benzene rings is 1. The molecular weight excluding hydrogens is 268 g/mol.